The second-order valence-electron chi connectivity index (χ2n) is 4.47. The van der Waals surface area contributed by atoms with Crippen molar-refractivity contribution in [1.82, 2.24) is 10.2 Å². The standard InChI is InChI=1S/C14H16N4O/c1-10-8-13(14(19)17-16-10)15-9-11-4-6-12(7-5-11)18(2)3/h4-9H,1-3H3,(H,17,19). The van der Waals surface area contributed by atoms with E-state index in [4.69, 9.17) is 0 Å². The normalized spacial score (nSPS) is 10.9. The van der Waals surface area contributed by atoms with Crippen LogP contribution < -0.4 is 10.5 Å². The molecule has 2 rings (SSSR count). The third-order valence-electron chi connectivity index (χ3n) is 2.67. The molecule has 0 fully saturated rings. The number of aryl methyl sites for hydroxylation is 1. The van der Waals surface area contributed by atoms with Gasteiger partial charge in [0.05, 0.1) is 5.69 Å². The van der Waals surface area contributed by atoms with Crippen LogP contribution in [0.2, 0.25) is 0 Å². The van der Waals surface area contributed by atoms with Crippen LogP contribution in [0.5, 0.6) is 0 Å². The van der Waals surface area contributed by atoms with Gasteiger partial charge >= 0.3 is 0 Å². The molecule has 0 saturated heterocycles. The Morgan fingerprint density at radius 3 is 2.58 bits per heavy atom. The molecule has 1 heterocycles. The summed E-state index contributed by atoms with van der Waals surface area (Å²) in [7, 11) is 3.98. The van der Waals surface area contributed by atoms with Crippen molar-refractivity contribution in [3.63, 3.8) is 0 Å². The Morgan fingerprint density at radius 2 is 1.95 bits per heavy atom. The molecule has 1 aromatic carbocycles. The van der Waals surface area contributed by atoms with Gasteiger partial charge in [0.1, 0.15) is 5.69 Å². The van der Waals surface area contributed by atoms with Gasteiger partial charge in [-0.3, -0.25) is 9.79 Å². The quantitative estimate of drug-likeness (QED) is 0.853. The van der Waals surface area contributed by atoms with E-state index in [0.29, 0.717) is 5.69 Å². The number of nitrogens with zero attached hydrogens (tertiary/aromatic N) is 3. The summed E-state index contributed by atoms with van der Waals surface area (Å²) in [5.41, 5.74) is 2.87. The molecule has 5 nitrogen and oxygen atoms in total. The van der Waals surface area contributed by atoms with Crippen molar-refractivity contribution >= 4 is 17.6 Å². The van der Waals surface area contributed by atoms with Crippen LogP contribution in [0.3, 0.4) is 0 Å². The van der Waals surface area contributed by atoms with Crippen LogP contribution in [0.1, 0.15) is 11.3 Å². The number of aromatic amines is 1. The number of rotatable bonds is 3. The third kappa shape index (κ3) is 3.28. The Balaban J connectivity index is 2.23. The molecule has 98 valence electrons. The van der Waals surface area contributed by atoms with Crippen molar-refractivity contribution in [2.75, 3.05) is 19.0 Å². The number of hydrogen-bond donors (Lipinski definition) is 1. The van der Waals surface area contributed by atoms with Gasteiger partial charge < -0.3 is 4.90 Å². The highest BCUT2D eigenvalue weighted by molar-refractivity contribution is 5.82. The molecule has 2 aromatic rings. The van der Waals surface area contributed by atoms with Gasteiger partial charge in [-0.25, -0.2) is 5.10 Å². The molecule has 0 aliphatic heterocycles. The van der Waals surface area contributed by atoms with Crippen LogP contribution in [-0.2, 0) is 0 Å². The van der Waals surface area contributed by atoms with Crippen molar-refractivity contribution in [3.8, 4) is 0 Å². The Kier molecular flexibility index (Phi) is 3.75. The minimum atomic E-state index is -0.285. The number of H-pyrrole nitrogens is 1. The molecule has 0 aliphatic rings. The molecule has 0 atom stereocenters. The fraction of sp³-hybridized carbons (Fsp3) is 0.214. The first kappa shape index (κ1) is 13.0. The SMILES string of the molecule is Cc1cc(N=Cc2ccc(N(C)C)cc2)c(=O)[nH]n1. The summed E-state index contributed by atoms with van der Waals surface area (Å²) in [5, 5.41) is 6.21. The Morgan fingerprint density at radius 1 is 1.26 bits per heavy atom. The van der Waals surface area contributed by atoms with Crippen molar-refractivity contribution in [2.24, 2.45) is 4.99 Å². The summed E-state index contributed by atoms with van der Waals surface area (Å²) in [6, 6.07) is 9.58. The van der Waals surface area contributed by atoms with Gasteiger partial charge in [-0.1, -0.05) is 12.1 Å². The molecule has 0 amide bonds. The van der Waals surface area contributed by atoms with E-state index in [1.165, 1.54) is 0 Å². The number of benzene rings is 1. The lowest BCUT2D eigenvalue weighted by atomic mass is 10.2. The average Bonchev–Trinajstić information content (AvgIpc) is 2.40. The summed E-state index contributed by atoms with van der Waals surface area (Å²) < 4.78 is 0. The summed E-state index contributed by atoms with van der Waals surface area (Å²) in [6.07, 6.45) is 1.67. The molecule has 5 heteroatoms. The van der Waals surface area contributed by atoms with Crippen LogP contribution in [0.15, 0.2) is 40.1 Å². The molecule has 19 heavy (non-hydrogen) atoms. The van der Waals surface area contributed by atoms with E-state index in [1.807, 2.05) is 43.3 Å². The highest BCUT2D eigenvalue weighted by Gasteiger charge is 1.98. The largest absolute Gasteiger partial charge is 0.378 e. The van der Waals surface area contributed by atoms with Crippen LogP contribution in [0, 0.1) is 6.92 Å². The summed E-state index contributed by atoms with van der Waals surface area (Å²) in [4.78, 5) is 17.7. The number of anilines is 1. The van der Waals surface area contributed by atoms with Gasteiger partial charge in [-0.15, -0.1) is 0 Å². The maximum atomic E-state index is 11.5. The summed E-state index contributed by atoms with van der Waals surface area (Å²) in [6.45, 7) is 1.81. The van der Waals surface area contributed by atoms with E-state index in [9.17, 15) is 4.79 Å². The molecule has 0 radical (unpaired) electrons. The van der Waals surface area contributed by atoms with Crippen molar-refractivity contribution < 1.29 is 0 Å². The maximum absolute atomic E-state index is 11.5. The molecule has 0 aliphatic carbocycles. The van der Waals surface area contributed by atoms with E-state index in [-0.39, 0.29) is 5.56 Å². The monoisotopic (exact) mass is 256 g/mol. The minimum absolute atomic E-state index is 0.285. The third-order valence-corrected chi connectivity index (χ3v) is 2.67. The number of hydrogen-bond acceptors (Lipinski definition) is 4. The van der Waals surface area contributed by atoms with Crippen LogP contribution >= 0.6 is 0 Å². The van der Waals surface area contributed by atoms with Gasteiger partial charge in [0.2, 0.25) is 0 Å². The number of aromatic nitrogens is 2. The molecular formula is C14H16N4O. The summed E-state index contributed by atoms with van der Waals surface area (Å²) >= 11 is 0. The Bertz CT molecular complexity index is 641. The molecular weight excluding hydrogens is 240 g/mol. The zero-order chi connectivity index (χ0) is 13.8. The second-order valence-corrected chi connectivity index (χ2v) is 4.47. The van der Waals surface area contributed by atoms with Crippen molar-refractivity contribution in [1.29, 1.82) is 0 Å². The van der Waals surface area contributed by atoms with E-state index >= 15 is 0 Å². The highest BCUT2D eigenvalue weighted by Crippen LogP contribution is 2.12. The smallest absolute Gasteiger partial charge is 0.290 e. The lowest BCUT2D eigenvalue weighted by Gasteiger charge is -2.11. The first-order chi connectivity index (χ1) is 9.06. The summed E-state index contributed by atoms with van der Waals surface area (Å²) in [5.74, 6) is 0. The zero-order valence-electron chi connectivity index (χ0n) is 11.2. The van der Waals surface area contributed by atoms with Gasteiger partial charge in [0.15, 0.2) is 0 Å². The molecule has 0 spiro atoms. The lowest BCUT2D eigenvalue weighted by molar-refractivity contribution is 0.945. The van der Waals surface area contributed by atoms with Crippen LogP contribution in [0.4, 0.5) is 11.4 Å². The Labute approximate surface area is 111 Å². The highest BCUT2D eigenvalue weighted by atomic mass is 16.1. The maximum Gasteiger partial charge on any atom is 0.290 e. The molecule has 0 saturated carbocycles. The molecule has 0 unspecified atom stereocenters. The molecule has 0 bridgehead atoms. The van der Waals surface area contributed by atoms with E-state index in [0.717, 1.165) is 16.9 Å². The van der Waals surface area contributed by atoms with E-state index in [1.54, 1.807) is 19.2 Å². The topological polar surface area (TPSA) is 61.4 Å². The van der Waals surface area contributed by atoms with E-state index in [2.05, 4.69) is 15.2 Å². The first-order valence-electron chi connectivity index (χ1n) is 5.94. The van der Waals surface area contributed by atoms with Gasteiger partial charge in [-0.05, 0) is 30.7 Å². The van der Waals surface area contributed by atoms with Gasteiger partial charge in [-0.2, -0.15) is 5.10 Å². The molecule has 1 aromatic heterocycles. The fourth-order valence-electron chi connectivity index (χ4n) is 1.59. The predicted molar refractivity (Wildman–Crippen MR) is 77.6 cm³/mol. The first-order valence-corrected chi connectivity index (χ1v) is 5.94. The van der Waals surface area contributed by atoms with Gasteiger partial charge in [0.25, 0.3) is 5.56 Å². The predicted octanol–water partition coefficient (Wildman–Crippen LogP) is 1.89. The minimum Gasteiger partial charge on any atom is -0.378 e. The van der Waals surface area contributed by atoms with E-state index < -0.39 is 0 Å². The van der Waals surface area contributed by atoms with Crippen molar-refractivity contribution in [2.45, 2.75) is 6.92 Å². The number of nitrogens with one attached hydrogen (secondary N) is 1. The average molecular weight is 256 g/mol. The van der Waals surface area contributed by atoms with Gasteiger partial charge in [0, 0.05) is 26.0 Å². The second kappa shape index (κ2) is 5.48. The van der Waals surface area contributed by atoms with Crippen molar-refractivity contribution in [3.05, 3.63) is 51.9 Å². The Hall–Kier alpha value is -2.43. The lowest BCUT2D eigenvalue weighted by Crippen LogP contribution is -2.08. The molecule has 1 N–H and O–H groups in total. The zero-order valence-corrected chi connectivity index (χ0v) is 11.2. The van der Waals surface area contributed by atoms with Crippen LogP contribution in [0.25, 0.3) is 0 Å². The van der Waals surface area contributed by atoms with Crippen LogP contribution in [-0.4, -0.2) is 30.5 Å². The fourth-order valence-corrected chi connectivity index (χ4v) is 1.59. The number of aliphatic imine (C=N–C) groups is 1.